The number of aliphatic carboxylic acids is 1. The lowest BCUT2D eigenvalue weighted by Gasteiger charge is -2.36. The molecule has 1 rings (SSSR count). The predicted octanol–water partition coefficient (Wildman–Crippen LogP) is 2.34. The van der Waals surface area contributed by atoms with Gasteiger partial charge < -0.3 is 15.3 Å². The smallest absolute Gasteiger partial charge is 0.320 e. The number of hydrogen-bond donors (Lipinski definition) is 2. The topological polar surface area (TPSA) is 52.6 Å². The van der Waals surface area contributed by atoms with E-state index >= 15 is 0 Å². The quantitative estimate of drug-likeness (QED) is 0.711. The molecule has 0 aromatic rings. The zero-order valence-electron chi connectivity index (χ0n) is 12.7. The molecule has 0 aromatic heterocycles. The van der Waals surface area contributed by atoms with Crippen LogP contribution in [0.5, 0.6) is 0 Å². The van der Waals surface area contributed by atoms with Crippen LogP contribution in [0.2, 0.25) is 0 Å². The molecule has 2 N–H and O–H groups in total. The molecule has 0 aliphatic heterocycles. The molecule has 0 aromatic carbocycles. The summed E-state index contributed by atoms with van der Waals surface area (Å²) in [5.41, 5.74) is 0. The van der Waals surface area contributed by atoms with Crippen LogP contribution in [0.3, 0.4) is 0 Å². The molecule has 4 nitrogen and oxygen atoms in total. The highest BCUT2D eigenvalue weighted by Crippen LogP contribution is 2.27. The summed E-state index contributed by atoms with van der Waals surface area (Å²) in [6.07, 6.45) is 6.90. The average molecular weight is 270 g/mol. The second-order valence-corrected chi connectivity index (χ2v) is 5.94. The highest BCUT2D eigenvalue weighted by atomic mass is 16.4. The first kappa shape index (κ1) is 16.4. The van der Waals surface area contributed by atoms with Crippen molar-refractivity contribution >= 4 is 5.97 Å². The normalized spacial score (nSPS) is 25.5. The first-order valence-electron chi connectivity index (χ1n) is 7.72. The van der Waals surface area contributed by atoms with Crippen molar-refractivity contribution in [3.63, 3.8) is 0 Å². The van der Waals surface area contributed by atoms with Crippen LogP contribution >= 0.6 is 0 Å². The maximum atomic E-state index is 11.2. The lowest BCUT2D eigenvalue weighted by atomic mass is 9.85. The Morgan fingerprint density at radius 2 is 2.11 bits per heavy atom. The molecule has 1 saturated carbocycles. The third-order valence-corrected chi connectivity index (χ3v) is 4.34. The summed E-state index contributed by atoms with van der Waals surface area (Å²) < 4.78 is 0. The van der Waals surface area contributed by atoms with Gasteiger partial charge in [0.15, 0.2) is 0 Å². The van der Waals surface area contributed by atoms with Gasteiger partial charge in [-0.15, -0.1) is 0 Å². The van der Waals surface area contributed by atoms with Crippen LogP contribution in [-0.2, 0) is 4.79 Å². The van der Waals surface area contributed by atoms with Crippen LogP contribution in [0.4, 0.5) is 0 Å². The molecule has 0 radical (unpaired) electrons. The van der Waals surface area contributed by atoms with Crippen molar-refractivity contribution in [2.24, 2.45) is 5.92 Å². The number of nitrogens with one attached hydrogen (secondary N) is 1. The summed E-state index contributed by atoms with van der Waals surface area (Å²) in [5.74, 6) is 0.0178. The van der Waals surface area contributed by atoms with Gasteiger partial charge >= 0.3 is 5.97 Å². The van der Waals surface area contributed by atoms with Gasteiger partial charge in [0, 0.05) is 12.6 Å². The van der Waals surface area contributed by atoms with Gasteiger partial charge in [0.05, 0.1) is 0 Å². The summed E-state index contributed by atoms with van der Waals surface area (Å²) in [5, 5.41) is 12.3. The van der Waals surface area contributed by atoms with Crippen molar-refractivity contribution in [3.8, 4) is 0 Å². The molecule has 0 bridgehead atoms. The largest absolute Gasteiger partial charge is 0.480 e. The number of hydrogen-bond acceptors (Lipinski definition) is 3. The standard InChI is InChI=1S/C15H30N2O2/c1-4-10-16-13(15(18)19)9-11-17(3)14-8-6-5-7-12(14)2/h12-14,16H,4-11H2,1-3H3,(H,18,19). The number of carbonyl (C=O) groups is 1. The van der Waals surface area contributed by atoms with E-state index in [1.54, 1.807) is 0 Å². The minimum atomic E-state index is -0.724. The van der Waals surface area contributed by atoms with Crippen LogP contribution < -0.4 is 5.32 Å². The molecule has 19 heavy (non-hydrogen) atoms. The summed E-state index contributed by atoms with van der Waals surface area (Å²) in [6.45, 7) is 6.02. The number of carboxylic acid groups (broad SMARTS) is 1. The van der Waals surface area contributed by atoms with Gasteiger partial charge in [-0.1, -0.05) is 26.7 Å². The number of rotatable bonds is 8. The Labute approximate surface area is 117 Å². The van der Waals surface area contributed by atoms with Crippen molar-refractivity contribution in [3.05, 3.63) is 0 Å². The molecule has 0 saturated heterocycles. The molecule has 0 amide bonds. The van der Waals surface area contributed by atoms with E-state index in [2.05, 4.69) is 31.1 Å². The SMILES string of the molecule is CCCNC(CCN(C)C1CCCCC1C)C(=O)O. The molecule has 1 aliphatic carbocycles. The first-order chi connectivity index (χ1) is 9.06. The Hall–Kier alpha value is -0.610. The first-order valence-corrected chi connectivity index (χ1v) is 7.72. The van der Waals surface area contributed by atoms with Crippen molar-refractivity contribution in [1.29, 1.82) is 0 Å². The van der Waals surface area contributed by atoms with Crippen LogP contribution in [-0.4, -0.2) is 48.2 Å². The van der Waals surface area contributed by atoms with Crippen LogP contribution in [0.15, 0.2) is 0 Å². The fraction of sp³-hybridized carbons (Fsp3) is 0.933. The summed E-state index contributed by atoms with van der Waals surface area (Å²) in [7, 11) is 2.14. The highest BCUT2D eigenvalue weighted by Gasteiger charge is 2.26. The number of nitrogens with zero attached hydrogens (tertiary/aromatic N) is 1. The highest BCUT2D eigenvalue weighted by molar-refractivity contribution is 5.73. The van der Waals surface area contributed by atoms with Crippen molar-refractivity contribution in [2.45, 2.75) is 64.5 Å². The van der Waals surface area contributed by atoms with E-state index in [1.807, 2.05) is 0 Å². The maximum Gasteiger partial charge on any atom is 0.320 e. The van der Waals surface area contributed by atoms with E-state index in [0.29, 0.717) is 12.5 Å². The predicted molar refractivity (Wildman–Crippen MR) is 78.4 cm³/mol. The third-order valence-electron chi connectivity index (χ3n) is 4.34. The minimum Gasteiger partial charge on any atom is -0.480 e. The van der Waals surface area contributed by atoms with Gasteiger partial charge in [-0.25, -0.2) is 0 Å². The van der Waals surface area contributed by atoms with E-state index in [0.717, 1.165) is 25.4 Å². The fourth-order valence-electron chi connectivity index (χ4n) is 3.08. The van der Waals surface area contributed by atoms with E-state index in [9.17, 15) is 9.90 Å². The molecule has 4 heteroatoms. The van der Waals surface area contributed by atoms with E-state index in [4.69, 9.17) is 0 Å². The van der Waals surface area contributed by atoms with Crippen molar-refractivity contribution < 1.29 is 9.90 Å². The van der Waals surface area contributed by atoms with E-state index < -0.39 is 12.0 Å². The van der Waals surface area contributed by atoms with Gasteiger partial charge in [-0.2, -0.15) is 0 Å². The summed E-state index contributed by atoms with van der Waals surface area (Å²) >= 11 is 0. The van der Waals surface area contributed by atoms with E-state index in [1.165, 1.54) is 25.7 Å². The Morgan fingerprint density at radius 3 is 2.68 bits per heavy atom. The summed E-state index contributed by atoms with van der Waals surface area (Å²) in [6, 6.07) is 0.232. The Kier molecular flexibility index (Phi) is 7.39. The molecular formula is C15H30N2O2. The molecule has 1 fully saturated rings. The molecule has 112 valence electrons. The second kappa shape index (κ2) is 8.54. The monoisotopic (exact) mass is 270 g/mol. The zero-order valence-corrected chi connectivity index (χ0v) is 12.7. The Bertz CT molecular complexity index is 271. The molecule has 3 atom stereocenters. The van der Waals surface area contributed by atoms with Gasteiger partial charge in [0.1, 0.15) is 6.04 Å². The van der Waals surface area contributed by atoms with Crippen molar-refractivity contribution in [2.75, 3.05) is 20.1 Å². The lowest BCUT2D eigenvalue weighted by molar-refractivity contribution is -0.139. The van der Waals surface area contributed by atoms with E-state index in [-0.39, 0.29) is 0 Å². The second-order valence-electron chi connectivity index (χ2n) is 5.94. The summed E-state index contributed by atoms with van der Waals surface area (Å²) in [4.78, 5) is 13.5. The van der Waals surface area contributed by atoms with Gasteiger partial charge in [0.25, 0.3) is 0 Å². The zero-order chi connectivity index (χ0) is 14.3. The minimum absolute atomic E-state index is 0.402. The maximum absolute atomic E-state index is 11.2. The van der Waals surface area contributed by atoms with Crippen LogP contribution in [0.1, 0.15) is 52.4 Å². The number of carboxylic acids is 1. The van der Waals surface area contributed by atoms with Crippen LogP contribution in [0.25, 0.3) is 0 Å². The van der Waals surface area contributed by atoms with Gasteiger partial charge in [0.2, 0.25) is 0 Å². The average Bonchev–Trinajstić information content (AvgIpc) is 2.38. The van der Waals surface area contributed by atoms with Gasteiger partial charge in [-0.05, 0) is 45.2 Å². The molecule has 0 heterocycles. The fourth-order valence-corrected chi connectivity index (χ4v) is 3.08. The van der Waals surface area contributed by atoms with Crippen LogP contribution in [0, 0.1) is 5.92 Å². The molecule has 1 aliphatic rings. The molecule has 3 unspecified atom stereocenters. The Morgan fingerprint density at radius 1 is 1.42 bits per heavy atom. The molecular weight excluding hydrogens is 240 g/mol. The third kappa shape index (κ3) is 5.49. The molecule has 0 spiro atoms. The Balaban J connectivity index is 2.37. The lowest BCUT2D eigenvalue weighted by Crippen LogP contribution is -2.44. The van der Waals surface area contributed by atoms with Gasteiger partial charge in [-0.3, -0.25) is 4.79 Å². The van der Waals surface area contributed by atoms with Crippen molar-refractivity contribution in [1.82, 2.24) is 10.2 Å².